The van der Waals surface area contributed by atoms with Gasteiger partial charge in [-0.1, -0.05) is 32.6 Å². The number of rotatable bonds is 13. The lowest BCUT2D eigenvalue weighted by molar-refractivity contribution is -0.131. The fourth-order valence-corrected chi connectivity index (χ4v) is 2.20. The number of carbonyl (C=O) groups is 4. The fraction of sp³-hybridized carbons (Fsp3) is 0.750. The summed E-state index contributed by atoms with van der Waals surface area (Å²) in [7, 11) is 0. The van der Waals surface area contributed by atoms with Crippen LogP contribution in [0.4, 0.5) is 4.79 Å². The summed E-state index contributed by atoms with van der Waals surface area (Å²) in [6.45, 7) is 3.72. The molecule has 0 rings (SSSR count). The summed E-state index contributed by atoms with van der Waals surface area (Å²) in [6.07, 6.45) is 3.71. The molecule has 6 N–H and O–H groups in total. The van der Waals surface area contributed by atoms with Gasteiger partial charge in [0.25, 0.3) is 0 Å². The van der Waals surface area contributed by atoms with Gasteiger partial charge in [-0.3, -0.25) is 14.4 Å². The highest BCUT2D eigenvalue weighted by molar-refractivity contribution is 5.91. The van der Waals surface area contributed by atoms with Crippen molar-refractivity contribution in [1.82, 2.24) is 16.0 Å². The number of carboxylic acid groups (broad SMARTS) is 1. The van der Waals surface area contributed by atoms with Crippen LogP contribution in [0.25, 0.3) is 0 Å². The SMILES string of the molecule is CCCCCCCC(=O)NC(CC(N)=O)C(=O)NC(C)CNC(=O)O. The summed E-state index contributed by atoms with van der Waals surface area (Å²) < 4.78 is 0. The zero-order valence-corrected chi connectivity index (χ0v) is 15.0. The first-order valence-corrected chi connectivity index (χ1v) is 8.61. The van der Waals surface area contributed by atoms with E-state index in [-0.39, 0.29) is 25.3 Å². The zero-order valence-electron chi connectivity index (χ0n) is 15.0. The maximum Gasteiger partial charge on any atom is 0.404 e. The van der Waals surface area contributed by atoms with Gasteiger partial charge in [0.2, 0.25) is 17.7 Å². The Morgan fingerprint density at radius 1 is 1.04 bits per heavy atom. The summed E-state index contributed by atoms with van der Waals surface area (Å²) in [5.41, 5.74) is 5.13. The van der Waals surface area contributed by atoms with E-state index in [2.05, 4.69) is 22.9 Å². The third kappa shape index (κ3) is 12.7. The third-order valence-electron chi connectivity index (χ3n) is 3.51. The number of nitrogens with two attached hydrogens (primary N) is 1. The number of hydrogen-bond donors (Lipinski definition) is 5. The average molecular weight is 358 g/mol. The monoisotopic (exact) mass is 358 g/mol. The van der Waals surface area contributed by atoms with Crippen molar-refractivity contribution >= 4 is 23.8 Å². The molecule has 9 heteroatoms. The Morgan fingerprint density at radius 3 is 2.24 bits per heavy atom. The number of primary amides is 1. The van der Waals surface area contributed by atoms with Crippen LogP contribution in [0.5, 0.6) is 0 Å². The minimum Gasteiger partial charge on any atom is -0.465 e. The van der Waals surface area contributed by atoms with E-state index in [0.717, 1.165) is 32.1 Å². The second-order valence-corrected chi connectivity index (χ2v) is 6.05. The van der Waals surface area contributed by atoms with Crippen LogP contribution < -0.4 is 21.7 Å². The van der Waals surface area contributed by atoms with Gasteiger partial charge in [0, 0.05) is 19.0 Å². The van der Waals surface area contributed by atoms with Gasteiger partial charge in [-0.15, -0.1) is 0 Å². The Kier molecular flexibility index (Phi) is 11.8. The Hall–Kier alpha value is -2.32. The highest BCUT2D eigenvalue weighted by atomic mass is 16.4. The van der Waals surface area contributed by atoms with Crippen LogP contribution >= 0.6 is 0 Å². The van der Waals surface area contributed by atoms with E-state index in [1.165, 1.54) is 0 Å². The van der Waals surface area contributed by atoms with Gasteiger partial charge >= 0.3 is 6.09 Å². The molecule has 0 aromatic carbocycles. The third-order valence-corrected chi connectivity index (χ3v) is 3.51. The number of carbonyl (C=O) groups excluding carboxylic acids is 3. The van der Waals surface area contributed by atoms with Gasteiger partial charge in [0.1, 0.15) is 6.04 Å². The predicted molar refractivity (Wildman–Crippen MR) is 92.8 cm³/mol. The number of amides is 4. The lowest BCUT2D eigenvalue weighted by atomic mass is 10.1. The molecular formula is C16H30N4O5. The smallest absolute Gasteiger partial charge is 0.404 e. The van der Waals surface area contributed by atoms with Crippen LogP contribution in [0.1, 0.15) is 58.8 Å². The average Bonchev–Trinajstić information content (AvgIpc) is 2.51. The molecule has 0 radical (unpaired) electrons. The predicted octanol–water partition coefficient (Wildman–Crippen LogP) is 0.479. The molecule has 0 aliphatic rings. The minimum atomic E-state index is -1.20. The normalized spacial score (nSPS) is 12.7. The van der Waals surface area contributed by atoms with Gasteiger partial charge in [0.15, 0.2) is 0 Å². The van der Waals surface area contributed by atoms with E-state index in [9.17, 15) is 19.2 Å². The number of nitrogens with one attached hydrogen (secondary N) is 3. The largest absolute Gasteiger partial charge is 0.465 e. The first-order chi connectivity index (χ1) is 11.8. The summed E-state index contributed by atoms with van der Waals surface area (Å²) in [4.78, 5) is 45.7. The van der Waals surface area contributed by atoms with Gasteiger partial charge in [-0.25, -0.2) is 4.79 Å². The molecule has 144 valence electrons. The lowest BCUT2D eigenvalue weighted by Gasteiger charge is -2.20. The minimum absolute atomic E-state index is 0.00966. The van der Waals surface area contributed by atoms with Crippen molar-refractivity contribution in [1.29, 1.82) is 0 Å². The Morgan fingerprint density at radius 2 is 1.68 bits per heavy atom. The molecule has 0 saturated carbocycles. The molecule has 2 unspecified atom stereocenters. The maximum atomic E-state index is 12.2. The molecule has 0 fully saturated rings. The fourth-order valence-electron chi connectivity index (χ4n) is 2.20. The molecule has 0 aromatic heterocycles. The van der Waals surface area contributed by atoms with Gasteiger partial charge in [0.05, 0.1) is 6.42 Å². The van der Waals surface area contributed by atoms with Crippen molar-refractivity contribution in [2.24, 2.45) is 5.73 Å². The van der Waals surface area contributed by atoms with Crippen molar-refractivity contribution in [3.05, 3.63) is 0 Å². The second kappa shape index (κ2) is 13.0. The molecule has 2 atom stereocenters. The molecule has 0 aliphatic carbocycles. The van der Waals surface area contributed by atoms with Gasteiger partial charge in [-0.05, 0) is 13.3 Å². The first kappa shape index (κ1) is 22.7. The van der Waals surface area contributed by atoms with E-state index in [1.807, 2.05) is 0 Å². The Bertz CT molecular complexity index is 456. The molecule has 0 heterocycles. The Balaban J connectivity index is 4.41. The van der Waals surface area contributed by atoms with Crippen molar-refractivity contribution in [2.45, 2.75) is 70.9 Å². The highest BCUT2D eigenvalue weighted by Crippen LogP contribution is 2.05. The highest BCUT2D eigenvalue weighted by Gasteiger charge is 2.24. The maximum absolute atomic E-state index is 12.2. The zero-order chi connectivity index (χ0) is 19.2. The summed E-state index contributed by atoms with van der Waals surface area (Å²) in [5, 5.41) is 15.7. The van der Waals surface area contributed by atoms with E-state index < -0.39 is 30.0 Å². The summed E-state index contributed by atoms with van der Waals surface area (Å²) in [6, 6.07) is -1.56. The molecule has 0 saturated heterocycles. The second-order valence-electron chi connectivity index (χ2n) is 6.05. The van der Waals surface area contributed by atoms with E-state index >= 15 is 0 Å². The van der Waals surface area contributed by atoms with Crippen LogP contribution in [-0.4, -0.2) is 47.5 Å². The van der Waals surface area contributed by atoms with Crippen molar-refractivity contribution < 1.29 is 24.3 Å². The molecular weight excluding hydrogens is 328 g/mol. The molecule has 4 amide bonds. The van der Waals surface area contributed by atoms with Gasteiger partial charge < -0.3 is 26.8 Å². The topological polar surface area (TPSA) is 151 Å². The standard InChI is InChI=1S/C16H30N4O5/c1-3-4-5-6-7-8-14(22)20-12(9-13(17)21)15(23)19-11(2)10-18-16(24)25/h11-12,18H,3-10H2,1-2H3,(H2,17,21)(H,19,23)(H,20,22)(H,24,25). The van der Waals surface area contributed by atoms with Crippen LogP contribution in [0, 0.1) is 0 Å². The molecule has 0 spiro atoms. The van der Waals surface area contributed by atoms with Crippen molar-refractivity contribution in [2.75, 3.05) is 6.54 Å². The van der Waals surface area contributed by atoms with E-state index in [1.54, 1.807) is 6.92 Å². The molecule has 9 nitrogen and oxygen atoms in total. The quantitative estimate of drug-likeness (QED) is 0.303. The van der Waals surface area contributed by atoms with Crippen LogP contribution in [0.3, 0.4) is 0 Å². The van der Waals surface area contributed by atoms with Crippen LogP contribution in [0.2, 0.25) is 0 Å². The van der Waals surface area contributed by atoms with E-state index in [4.69, 9.17) is 10.8 Å². The lowest BCUT2D eigenvalue weighted by Crippen LogP contribution is -2.52. The number of hydrogen-bond acceptors (Lipinski definition) is 4. The summed E-state index contributed by atoms with van der Waals surface area (Å²) in [5.74, 6) is -1.59. The molecule has 0 aliphatic heterocycles. The van der Waals surface area contributed by atoms with Crippen LogP contribution in [-0.2, 0) is 14.4 Å². The first-order valence-electron chi connectivity index (χ1n) is 8.61. The van der Waals surface area contributed by atoms with Crippen LogP contribution in [0.15, 0.2) is 0 Å². The Labute approximate surface area is 148 Å². The van der Waals surface area contributed by atoms with Gasteiger partial charge in [-0.2, -0.15) is 0 Å². The molecule has 0 aromatic rings. The van der Waals surface area contributed by atoms with E-state index in [0.29, 0.717) is 0 Å². The number of unbranched alkanes of at least 4 members (excludes halogenated alkanes) is 4. The summed E-state index contributed by atoms with van der Waals surface area (Å²) >= 11 is 0. The molecule has 25 heavy (non-hydrogen) atoms. The molecule has 0 bridgehead atoms. The van der Waals surface area contributed by atoms with Crippen molar-refractivity contribution in [3.63, 3.8) is 0 Å². The van der Waals surface area contributed by atoms with Crippen molar-refractivity contribution in [3.8, 4) is 0 Å².